The van der Waals surface area contributed by atoms with Gasteiger partial charge in [0.05, 0.1) is 0 Å². The van der Waals surface area contributed by atoms with Crippen LogP contribution >= 0.6 is 0 Å². The first-order valence-corrected chi connectivity index (χ1v) is 6.83. The summed E-state index contributed by atoms with van der Waals surface area (Å²) in [5.41, 5.74) is 0. The van der Waals surface area contributed by atoms with Crippen molar-refractivity contribution in [1.29, 1.82) is 0 Å². The highest BCUT2D eigenvalue weighted by Gasteiger charge is 2.16. The van der Waals surface area contributed by atoms with Crippen molar-refractivity contribution < 1.29 is 0 Å². The molecule has 1 fully saturated rings. The molecular weight excluding hydrogens is 198 g/mol. The van der Waals surface area contributed by atoms with Crippen molar-refractivity contribution >= 4 is 0 Å². The molecule has 1 heterocycles. The van der Waals surface area contributed by atoms with Gasteiger partial charge in [-0.25, -0.2) is 0 Å². The molecule has 1 atom stereocenters. The average Bonchev–Trinajstić information content (AvgIpc) is 2.27. The number of hydrogen-bond acceptors (Lipinski definition) is 3. The number of hydrogen-bond donors (Lipinski definition) is 1. The van der Waals surface area contributed by atoms with E-state index in [2.05, 4.69) is 36.1 Å². The van der Waals surface area contributed by atoms with Crippen LogP contribution in [0.3, 0.4) is 0 Å². The van der Waals surface area contributed by atoms with E-state index in [1.165, 1.54) is 51.9 Å². The fourth-order valence-electron chi connectivity index (χ4n) is 2.30. The van der Waals surface area contributed by atoms with Crippen molar-refractivity contribution in [1.82, 2.24) is 15.1 Å². The lowest BCUT2D eigenvalue weighted by Crippen LogP contribution is -2.49. The standard InChI is InChI=1S/C13H29N3/c1-4-5-6-9-15(2)10-7-13-12-16(3)11-8-14-13/h13-14H,4-12H2,1-3H3. The molecule has 0 radical (unpaired) electrons. The SMILES string of the molecule is CCCCCN(C)CCC1CN(C)CCN1. The van der Waals surface area contributed by atoms with Gasteiger partial charge in [-0.05, 0) is 40.0 Å². The monoisotopic (exact) mass is 227 g/mol. The van der Waals surface area contributed by atoms with Crippen LogP contribution in [0.1, 0.15) is 32.6 Å². The molecular formula is C13H29N3. The normalized spacial score (nSPS) is 22.9. The molecule has 1 N–H and O–H groups in total. The lowest BCUT2D eigenvalue weighted by molar-refractivity contribution is 0.213. The summed E-state index contributed by atoms with van der Waals surface area (Å²) in [6.45, 7) is 8.32. The van der Waals surface area contributed by atoms with Crippen LogP contribution < -0.4 is 5.32 Å². The number of piperazine rings is 1. The van der Waals surface area contributed by atoms with Gasteiger partial charge in [-0.2, -0.15) is 0 Å². The lowest BCUT2D eigenvalue weighted by Gasteiger charge is -2.32. The van der Waals surface area contributed by atoms with E-state index < -0.39 is 0 Å². The molecule has 0 aromatic carbocycles. The Morgan fingerprint density at radius 1 is 1.31 bits per heavy atom. The minimum absolute atomic E-state index is 0.701. The van der Waals surface area contributed by atoms with Crippen molar-refractivity contribution in [3.05, 3.63) is 0 Å². The van der Waals surface area contributed by atoms with Crippen molar-refractivity contribution in [2.45, 2.75) is 38.6 Å². The molecule has 16 heavy (non-hydrogen) atoms. The van der Waals surface area contributed by atoms with E-state index in [1.54, 1.807) is 0 Å². The number of rotatable bonds is 7. The van der Waals surface area contributed by atoms with E-state index in [1.807, 2.05) is 0 Å². The van der Waals surface area contributed by atoms with E-state index in [0.717, 1.165) is 6.54 Å². The zero-order chi connectivity index (χ0) is 11.8. The first-order valence-electron chi connectivity index (χ1n) is 6.83. The number of unbranched alkanes of at least 4 members (excludes halogenated alkanes) is 2. The Bertz CT molecular complexity index is 173. The van der Waals surface area contributed by atoms with E-state index >= 15 is 0 Å². The summed E-state index contributed by atoms with van der Waals surface area (Å²) in [5, 5.41) is 3.60. The van der Waals surface area contributed by atoms with E-state index in [9.17, 15) is 0 Å². The summed E-state index contributed by atoms with van der Waals surface area (Å²) in [7, 11) is 4.47. The first kappa shape index (κ1) is 13.9. The van der Waals surface area contributed by atoms with Crippen molar-refractivity contribution in [2.75, 3.05) is 46.8 Å². The molecule has 0 aromatic rings. The van der Waals surface area contributed by atoms with E-state index in [4.69, 9.17) is 0 Å². The highest BCUT2D eigenvalue weighted by Crippen LogP contribution is 2.03. The highest BCUT2D eigenvalue weighted by molar-refractivity contribution is 4.77. The van der Waals surface area contributed by atoms with Crippen LogP contribution in [0.15, 0.2) is 0 Å². The maximum Gasteiger partial charge on any atom is 0.0207 e. The molecule has 1 aliphatic heterocycles. The van der Waals surface area contributed by atoms with Gasteiger partial charge >= 0.3 is 0 Å². The van der Waals surface area contributed by atoms with Crippen LogP contribution in [-0.4, -0.2) is 62.7 Å². The summed E-state index contributed by atoms with van der Waals surface area (Å²) in [5.74, 6) is 0. The molecule has 3 nitrogen and oxygen atoms in total. The van der Waals surface area contributed by atoms with Crippen LogP contribution in [0.2, 0.25) is 0 Å². The fraction of sp³-hybridized carbons (Fsp3) is 1.00. The highest BCUT2D eigenvalue weighted by atomic mass is 15.2. The third-order valence-corrected chi connectivity index (χ3v) is 3.46. The Labute approximate surface area is 101 Å². The average molecular weight is 227 g/mol. The van der Waals surface area contributed by atoms with Gasteiger partial charge < -0.3 is 15.1 Å². The fourth-order valence-corrected chi connectivity index (χ4v) is 2.30. The largest absolute Gasteiger partial charge is 0.311 e. The third kappa shape index (κ3) is 5.83. The zero-order valence-corrected chi connectivity index (χ0v) is 11.3. The first-order chi connectivity index (χ1) is 7.72. The second kappa shape index (κ2) is 8.04. The minimum Gasteiger partial charge on any atom is -0.311 e. The van der Waals surface area contributed by atoms with Gasteiger partial charge in [-0.1, -0.05) is 19.8 Å². The maximum absolute atomic E-state index is 3.60. The molecule has 0 aliphatic carbocycles. The number of nitrogens with one attached hydrogen (secondary N) is 1. The predicted octanol–water partition coefficient (Wildman–Crippen LogP) is 1.40. The van der Waals surface area contributed by atoms with Gasteiger partial charge in [0, 0.05) is 25.7 Å². The van der Waals surface area contributed by atoms with Crippen LogP contribution in [-0.2, 0) is 0 Å². The van der Waals surface area contributed by atoms with Gasteiger partial charge in [0.2, 0.25) is 0 Å². The molecule has 1 rings (SSSR count). The van der Waals surface area contributed by atoms with Gasteiger partial charge in [0.25, 0.3) is 0 Å². The minimum atomic E-state index is 0.701. The van der Waals surface area contributed by atoms with Crippen LogP contribution in [0.25, 0.3) is 0 Å². The molecule has 0 bridgehead atoms. The summed E-state index contributed by atoms with van der Waals surface area (Å²) < 4.78 is 0. The van der Waals surface area contributed by atoms with Crippen LogP contribution in [0, 0.1) is 0 Å². The van der Waals surface area contributed by atoms with E-state index in [-0.39, 0.29) is 0 Å². The Balaban J connectivity index is 2.04. The molecule has 0 amide bonds. The lowest BCUT2D eigenvalue weighted by atomic mass is 10.1. The molecule has 1 unspecified atom stereocenters. The van der Waals surface area contributed by atoms with Crippen molar-refractivity contribution in [3.63, 3.8) is 0 Å². The van der Waals surface area contributed by atoms with E-state index in [0.29, 0.717) is 6.04 Å². The quantitative estimate of drug-likeness (QED) is 0.663. The summed E-state index contributed by atoms with van der Waals surface area (Å²) in [6, 6.07) is 0.701. The molecule has 0 aromatic heterocycles. The smallest absolute Gasteiger partial charge is 0.0207 e. The second-order valence-corrected chi connectivity index (χ2v) is 5.21. The molecule has 0 spiro atoms. The number of nitrogens with zero attached hydrogens (tertiary/aromatic N) is 2. The van der Waals surface area contributed by atoms with Crippen LogP contribution in [0.4, 0.5) is 0 Å². The second-order valence-electron chi connectivity index (χ2n) is 5.21. The maximum atomic E-state index is 3.60. The molecule has 0 saturated carbocycles. The van der Waals surface area contributed by atoms with Crippen molar-refractivity contribution in [2.24, 2.45) is 0 Å². The van der Waals surface area contributed by atoms with Crippen LogP contribution in [0.5, 0.6) is 0 Å². The predicted molar refractivity (Wildman–Crippen MR) is 70.9 cm³/mol. The van der Waals surface area contributed by atoms with Crippen molar-refractivity contribution in [3.8, 4) is 0 Å². The summed E-state index contributed by atoms with van der Waals surface area (Å²) in [6.07, 6.45) is 5.33. The van der Waals surface area contributed by atoms with Gasteiger partial charge in [0.1, 0.15) is 0 Å². The Morgan fingerprint density at radius 2 is 2.12 bits per heavy atom. The molecule has 1 saturated heterocycles. The van der Waals surface area contributed by atoms with Gasteiger partial charge in [0.15, 0.2) is 0 Å². The Morgan fingerprint density at radius 3 is 2.81 bits per heavy atom. The topological polar surface area (TPSA) is 18.5 Å². The Kier molecular flexibility index (Phi) is 7.01. The van der Waals surface area contributed by atoms with Gasteiger partial charge in [-0.15, -0.1) is 0 Å². The summed E-state index contributed by atoms with van der Waals surface area (Å²) in [4.78, 5) is 4.91. The zero-order valence-electron chi connectivity index (χ0n) is 11.3. The number of likely N-dealkylation sites (N-methyl/N-ethyl adjacent to an activating group) is 1. The molecule has 3 heteroatoms. The summed E-state index contributed by atoms with van der Waals surface area (Å²) >= 11 is 0. The van der Waals surface area contributed by atoms with Gasteiger partial charge in [-0.3, -0.25) is 0 Å². The Hall–Kier alpha value is -0.120. The molecule has 1 aliphatic rings. The molecule has 96 valence electrons. The third-order valence-electron chi connectivity index (χ3n) is 3.46.